The van der Waals surface area contributed by atoms with E-state index in [1.165, 1.54) is 0 Å². The Bertz CT molecular complexity index is 387. The molecule has 0 fully saturated rings. The van der Waals surface area contributed by atoms with Crippen LogP contribution in [0.2, 0.25) is 0 Å². The van der Waals surface area contributed by atoms with Crippen LogP contribution in [0.1, 0.15) is 22.8 Å². The second-order valence-corrected chi connectivity index (χ2v) is 3.71. The van der Waals surface area contributed by atoms with Gasteiger partial charge in [0.05, 0.1) is 17.7 Å². The average Bonchev–Trinajstić information content (AvgIpc) is 2.26. The highest BCUT2D eigenvalue weighted by Gasteiger charge is 2.21. The maximum Gasteiger partial charge on any atom is 0.107 e. The van der Waals surface area contributed by atoms with Gasteiger partial charge in [-0.25, -0.2) is 0 Å². The van der Waals surface area contributed by atoms with Crippen LogP contribution in [0.3, 0.4) is 0 Å². The molecule has 2 atom stereocenters. The third-order valence-electron chi connectivity index (χ3n) is 2.29. The average molecular weight is 223 g/mol. The summed E-state index contributed by atoms with van der Waals surface area (Å²) in [6.45, 7) is 1.80. The van der Waals surface area contributed by atoms with E-state index in [1.54, 1.807) is 25.1 Å². The first-order valence-electron chi connectivity index (χ1n) is 4.58. The second-order valence-electron chi connectivity index (χ2n) is 3.34. The number of aliphatic hydroxyl groups is 2. The summed E-state index contributed by atoms with van der Waals surface area (Å²) in [6, 6.07) is 7.17. The zero-order chi connectivity index (χ0) is 11.4. The van der Waals surface area contributed by atoms with Gasteiger partial charge in [-0.15, -0.1) is 0 Å². The molecule has 2 N–H and O–H groups in total. The number of rotatable bonds is 3. The summed E-state index contributed by atoms with van der Waals surface area (Å²) >= 11 is 3.91. The van der Waals surface area contributed by atoms with Gasteiger partial charge in [0.25, 0.3) is 0 Å². The van der Waals surface area contributed by atoms with Crippen molar-refractivity contribution in [2.45, 2.75) is 19.1 Å². The highest BCUT2D eigenvalue weighted by Crippen LogP contribution is 2.24. The Hall–Kier alpha value is -1.02. The van der Waals surface area contributed by atoms with Gasteiger partial charge in [-0.3, -0.25) is 0 Å². The molecule has 0 amide bonds. The van der Waals surface area contributed by atoms with Gasteiger partial charge in [-0.1, -0.05) is 12.1 Å². The fourth-order valence-corrected chi connectivity index (χ4v) is 1.66. The van der Waals surface area contributed by atoms with Crippen molar-refractivity contribution in [3.8, 4) is 6.07 Å². The first-order chi connectivity index (χ1) is 7.11. The summed E-state index contributed by atoms with van der Waals surface area (Å²) in [4.78, 5) is 0. The molecule has 0 aromatic heterocycles. The van der Waals surface area contributed by atoms with E-state index in [1.807, 2.05) is 6.07 Å². The molecular weight excluding hydrogens is 210 g/mol. The van der Waals surface area contributed by atoms with Gasteiger partial charge in [-0.2, -0.15) is 17.9 Å². The molecule has 0 aliphatic rings. The predicted octanol–water partition coefficient (Wildman–Crippen LogP) is 1.19. The van der Waals surface area contributed by atoms with Gasteiger partial charge in [-0.05, 0) is 18.6 Å². The number of thiol groups is 1. The number of hydrogen-bond donors (Lipinski definition) is 3. The molecular formula is C11H13NO2S. The van der Waals surface area contributed by atoms with Crippen LogP contribution in [-0.2, 0) is 0 Å². The van der Waals surface area contributed by atoms with Crippen molar-refractivity contribution in [1.82, 2.24) is 0 Å². The molecule has 1 aromatic rings. The number of benzene rings is 1. The van der Waals surface area contributed by atoms with Crippen LogP contribution in [-0.4, -0.2) is 22.1 Å². The number of nitrogens with zero attached hydrogens (tertiary/aromatic N) is 1. The van der Waals surface area contributed by atoms with E-state index in [-0.39, 0.29) is 5.75 Å². The lowest BCUT2D eigenvalue weighted by molar-refractivity contribution is 0.0332. The molecule has 0 heterocycles. The molecule has 0 bridgehead atoms. The minimum atomic E-state index is -1.06. The van der Waals surface area contributed by atoms with E-state index in [2.05, 4.69) is 12.6 Å². The molecule has 1 rings (SSSR count). The lowest BCUT2D eigenvalue weighted by Gasteiger charge is -2.19. The Morgan fingerprint density at radius 3 is 2.67 bits per heavy atom. The fraction of sp³-hybridized carbons (Fsp3) is 0.364. The van der Waals surface area contributed by atoms with E-state index >= 15 is 0 Å². The van der Waals surface area contributed by atoms with Crippen molar-refractivity contribution >= 4 is 12.6 Å². The lowest BCUT2D eigenvalue weighted by Crippen LogP contribution is -2.21. The quantitative estimate of drug-likeness (QED) is 0.674. The van der Waals surface area contributed by atoms with Gasteiger partial charge < -0.3 is 10.2 Å². The molecule has 0 aliphatic heterocycles. The Labute approximate surface area is 94.4 Å². The lowest BCUT2D eigenvalue weighted by atomic mass is 9.95. The van der Waals surface area contributed by atoms with E-state index in [9.17, 15) is 10.2 Å². The minimum absolute atomic E-state index is 0.153. The summed E-state index contributed by atoms with van der Waals surface area (Å²) in [6.07, 6.45) is -2.01. The molecule has 15 heavy (non-hydrogen) atoms. The van der Waals surface area contributed by atoms with Gasteiger partial charge in [0.1, 0.15) is 6.10 Å². The predicted molar refractivity (Wildman–Crippen MR) is 60.7 cm³/mol. The van der Waals surface area contributed by atoms with Crippen LogP contribution >= 0.6 is 12.6 Å². The first-order valence-corrected chi connectivity index (χ1v) is 5.21. The third-order valence-corrected chi connectivity index (χ3v) is 2.67. The Morgan fingerprint density at radius 1 is 1.47 bits per heavy atom. The molecule has 0 radical (unpaired) electrons. The van der Waals surface area contributed by atoms with E-state index in [4.69, 9.17) is 5.26 Å². The van der Waals surface area contributed by atoms with Crippen LogP contribution in [0.5, 0.6) is 0 Å². The SMILES string of the molecule is Cc1cccc(C#N)c1C(O)C(O)CS. The van der Waals surface area contributed by atoms with Crippen LogP contribution in [0.25, 0.3) is 0 Å². The number of aliphatic hydroxyl groups excluding tert-OH is 2. The zero-order valence-corrected chi connectivity index (χ0v) is 9.28. The topological polar surface area (TPSA) is 64.2 Å². The van der Waals surface area contributed by atoms with Crippen LogP contribution in [0, 0.1) is 18.3 Å². The molecule has 0 aliphatic carbocycles. The molecule has 0 saturated carbocycles. The third kappa shape index (κ3) is 2.51. The molecule has 3 nitrogen and oxygen atoms in total. The highest BCUT2D eigenvalue weighted by molar-refractivity contribution is 7.80. The Balaban J connectivity index is 3.18. The fourth-order valence-electron chi connectivity index (χ4n) is 1.46. The van der Waals surface area contributed by atoms with Crippen LogP contribution in [0.4, 0.5) is 0 Å². The normalized spacial score (nSPS) is 14.3. The monoisotopic (exact) mass is 223 g/mol. The molecule has 80 valence electrons. The summed E-state index contributed by atoms with van der Waals surface area (Å²) < 4.78 is 0. The summed E-state index contributed by atoms with van der Waals surface area (Å²) in [5.74, 6) is 0.153. The molecule has 2 unspecified atom stereocenters. The van der Waals surface area contributed by atoms with Crippen molar-refractivity contribution in [3.05, 3.63) is 34.9 Å². The first kappa shape index (κ1) is 12.1. The Kier molecular flexibility index (Phi) is 4.15. The van der Waals surface area contributed by atoms with Crippen molar-refractivity contribution in [1.29, 1.82) is 5.26 Å². The largest absolute Gasteiger partial charge is 0.389 e. The van der Waals surface area contributed by atoms with Crippen LogP contribution in [0.15, 0.2) is 18.2 Å². The van der Waals surface area contributed by atoms with Gasteiger partial charge >= 0.3 is 0 Å². The number of nitriles is 1. The van der Waals surface area contributed by atoms with Crippen molar-refractivity contribution in [2.24, 2.45) is 0 Å². The molecule has 0 saturated heterocycles. The molecule has 1 aromatic carbocycles. The minimum Gasteiger partial charge on any atom is -0.389 e. The Morgan fingerprint density at radius 2 is 2.13 bits per heavy atom. The van der Waals surface area contributed by atoms with Crippen molar-refractivity contribution < 1.29 is 10.2 Å². The van der Waals surface area contributed by atoms with Crippen LogP contribution < -0.4 is 0 Å². The zero-order valence-electron chi connectivity index (χ0n) is 8.38. The molecule has 0 spiro atoms. The molecule has 4 heteroatoms. The number of aryl methyl sites for hydroxylation is 1. The van der Waals surface area contributed by atoms with E-state index in [0.29, 0.717) is 11.1 Å². The van der Waals surface area contributed by atoms with E-state index < -0.39 is 12.2 Å². The standard InChI is InChI=1S/C11H13NO2S/c1-7-3-2-4-8(5-12)10(7)11(14)9(13)6-15/h2-4,9,11,13-15H,6H2,1H3. The maximum absolute atomic E-state index is 9.83. The smallest absolute Gasteiger partial charge is 0.107 e. The summed E-state index contributed by atoms with van der Waals surface area (Å²) in [5, 5.41) is 28.2. The van der Waals surface area contributed by atoms with Gasteiger partial charge in [0, 0.05) is 11.3 Å². The van der Waals surface area contributed by atoms with Gasteiger partial charge in [0.2, 0.25) is 0 Å². The van der Waals surface area contributed by atoms with Gasteiger partial charge in [0.15, 0.2) is 0 Å². The maximum atomic E-state index is 9.83. The number of hydrogen-bond acceptors (Lipinski definition) is 4. The second kappa shape index (κ2) is 5.17. The van der Waals surface area contributed by atoms with Crippen molar-refractivity contribution in [2.75, 3.05) is 5.75 Å². The summed E-state index contributed by atoms with van der Waals surface area (Å²) in [5.41, 5.74) is 1.67. The summed E-state index contributed by atoms with van der Waals surface area (Å²) in [7, 11) is 0. The van der Waals surface area contributed by atoms with E-state index in [0.717, 1.165) is 5.56 Å². The highest BCUT2D eigenvalue weighted by atomic mass is 32.1. The van der Waals surface area contributed by atoms with Crippen molar-refractivity contribution in [3.63, 3.8) is 0 Å².